The summed E-state index contributed by atoms with van der Waals surface area (Å²) in [5.74, 6) is -0.932. The Bertz CT molecular complexity index is 1530. The first-order chi connectivity index (χ1) is 15.8. The SMILES string of the molecule is COc1ccccc1NS(=O)(=O)c1ccc(O)c(NC(=O)c2cc3ccccc3oc2=O)c1. The zero-order valence-electron chi connectivity index (χ0n) is 17.2. The number of ether oxygens (including phenoxy) is 1. The van der Waals surface area contributed by atoms with E-state index in [1.165, 1.54) is 25.3 Å². The molecule has 0 aliphatic carbocycles. The van der Waals surface area contributed by atoms with Crippen molar-refractivity contribution < 1.29 is 27.5 Å². The molecule has 0 bridgehead atoms. The third-order valence-electron chi connectivity index (χ3n) is 4.76. The monoisotopic (exact) mass is 466 g/mol. The van der Waals surface area contributed by atoms with Crippen LogP contribution >= 0.6 is 0 Å². The molecular formula is C23H18N2O7S. The van der Waals surface area contributed by atoms with E-state index in [2.05, 4.69) is 10.0 Å². The number of hydrogen-bond donors (Lipinski definition) is 3. The summed E-state index contributed by atoms with van der Waals surface area (Å²) in [4.78, 5) is 24.7. The fraction of sp³-hybridized carbons (Fsp3) is 0.0435. The number of fused-ring (bicyclic) bond motifs is 1. The first-order valence-corrected chi connectivity index (χ1v) is 11.1. The van der Waals surface area contributed by atoms with Gasteiger partial charge in [0.15, 0.2) is 0 Å². The molecular weight excluding hydrogens is 448 g/mol. The number of benzene rings is 3. The van der Waals surface area contributed by atoms with Crippen molar-refractivity contribution in [2.24, 2.45) is 0 Å². The number of anilines is 2. The van der Waals surface area contributed by atoms with Gasteiger partial charge in [0, 0.05) is 5.39 Å². The van der Waals surface area contributed by atoms with Crippen LogP contribution in [0.25, 0.3) is 11.0 Å². The number of amides is 1. The summed E-state index contributed by atoms with van der Waals surface area (Å²) in [6.07, 6.45) is 0. The van der Waals surface area contributed by atoms with Gasteiger partial charge in [0.1, 0.15) is 22.6 Å². The predicted octanol–water partition coefficient (Wildman–Crippen LogP) is 3.56. The number of para-hydroxylation sites is 3. The summed E-state index contributed by atoms with van der Waals surface area (Å²) in [7, 11) is -2.69. The van der Waals surface area contributed by atoms with Gasteiger partial charge in [-0.1, -0.05) is 30.3 Å². The topological polar surface area (TPSA) is 135 Å². The van der Waals surface area contributed by atoms with Crippen molar-refractivity contribution in [2.75, 3.05) is 17.1 Å². The highest BCUT2D eigenvalue weighted by Gasteiger charge is 2.20. The first-order valence-electron chi connectivity index (χ1n) is 9.61. The van der Waals surface area contributed by atoms with Gasteiger partial charge in [0.25, 0.3) is 15.9 Å². The number of sulfonamides is 1. The molecule has 0 aliphatic rings. The Kier molecular flexibility index (Phi) is 5.76. The van der Waals surface area contributed by atoms with Crippen LogP contribution in [0.15, 0.2) is 86.9 Å². The van der Waals surface area contributed by atoms with Crippen LogP contribution in [0.2, 0.25) is 0 Å². The number of phenolic OH excluding ortho intramolecular Hbond substituents is 1. The van der Waals surface area contributed by atoms with Gasteiger partial charge in [-0.05, 0) is 42.5 Å². The number of hydrogen-bond acceptors (Lipinski definition) is 7. The van der Waals surface area contributed by atoms with Crippen LogP contribution < -0.4 is 20.4 Å². The molecule has 1 amide bonds. The van der Waals surface area contributed by atoms with Crippen molar-refractivity contribution >= 4 is 38.3 Å². The van der Waals surface area contributed by atoms with E-state index in [9.17, 15) is 23.1 Å². The van der Waals surface area contributed by atoms with Crippen molar-refractivity contribution in [1.29, 1.82) is 0 Å². The van der Waals surface area contributed by atoms with Crippen molar-refractivity contribution in [1.82, 2.24) is 0 Å². The summed E-state index contributed by atoms with van der Waals surface area (Å²) < 4.78 is 38.4. The zero-order valence-corrected chi connectivity index (χ0v) is 18.0. The van der Waals surface area contributed by atoms with E-state index in [4.69, 9.17) is 9.15 Å². The smallest absolute Gasteiger partial charge is 0.349 e. The molecule has 0 aliphatic heterocycles. The predicted molar refractivity (Wildman–Crippen MR) is 122 cm³/mol. The lowest BCUT2D eigenvalue weighted by molar-refractivity contribution is 0.102. The molecule has 0 spiro atoms. The van der Waals surface area contributed by atoms with Crippen LogP contribution in [0.3, 0.4) is 0 Å². The Morgan fingerprint density at radius 2 is 1.70 bits per heavy atom. The fourth-order valence-electron chi connectivity index (χ4n) is 3.12. The molecule has 1 aromatic heterocycles. The van der Waals surface area contributed by atoms with Gasteiger partial charge in [-0.3, -0.25) is 9.52 Å². The van der Waals surface area contributed by atoms with Crippen molar-refractivity contribution in [3.63, 3.8) is 0 Å². The van der Waals surface area contributed by atoms with E-state index >= 15 is 0 Å². The molecule has 9 nitrogen and oxygen atoms in total. The lowest BCUT2D eigenvalue weighted by atomic mass is 10.1. The van der Waals surface area contributed by atoms with E-state index in [1.807, 2.05) is 0 Å². The normalized spacial score (nSPS) is 11.2. The second-order valence-electron chi connectivity index (χ2n) is 6.92. The molecule has 4 aromatic rings. The molecule has 0 saturated carbocycles. The zero-order chi connectivity index (χ0) is 23.6. The second kappa shape index (κ2) is 8.67. The minimum atomic E-state index is -4.10. The standard InChI is InChI=1S/C23H18N2O7S/c1-31-21-9-5-3-7-17(21)25-33(29,30)15-10-11-19(26)18(13-15)24-22(27)16-12-14-6-2-4-8-20(14)32-23(16)28/h2-13,25-26H,1H3,(H,24,27). The number of aromatic hydroxyl groups is 1. The van der Waals surface area contributed by atoms with E-state index in [-0.39, 0.29) is 27.6 Å². The van der Waals surface area contributed by atoms with Crippen LogP contribution in [0.4, 0.5) is 11.4 Å². The summed E-state index contributed by atoms with van der Waals surface area (Å²) >= 11 is 0. The first kappa shape index (κ1) is 21.9. The van der Waals surface area contributed by atoms with Crippen molar-refractivity contribution in [3.05, 3.63) is 88.8 Å². The number of nitrogens with one attached hydrogen (secondary N) is 2. The average Bonchev–Trinajstić information content (AvgIpc) is 2.80. The van der Waals surface area contributed by atoms with E-state index in [1.54, 1.807) is 42.5 Å². The maximum atomic E-state index is 12.9. The van der Waals surface area contributed by atoms with Gasteiger partial charge in [0.05, 0.1) is 23.4 Å². The van der Waals surface area contributed by atoms with E-state index < -0.39 is 21.6 Å². The van der Waals surface area contributed by atoms with Gasteiger partial charge in [0.2, 0.25) is 0 Å². The fourth-order valence-corrected chi connectivity index (χ4v) is 4.22. The van der Waals surface area contributed by atoms with Gasteiger partial charge in [-0.25, -0.2) is 13.2 Å². The molecule has 1 heterocycles. The number of rotatable bonds is 6. The summed E-state index contributed by atoms with van der Waals surface area (Å²) in [6, 6.07) is 17.8. The van der Waals surface area contributed by atoms with Crippen molar-refractivity contribution in [2.45, 2.75) is 4.90 Å². The average molecular weight is 466 g/mol. The Labute approximate surface area is 188 Å². The molecule has 10 heteroatoms. The molecule has 3 aromatic carbocycles. The molecule has 3 N–H and O–H groups in total. The van der Waals surface area contributed by atoms with Crippen LogP contribution in [0, 0.1) is 0 Å². The van der Waals surface area contributed by atoms with Crippen LogP contribution in [0.5, 0.6) is 11.5 Å². The Balaban J connectivity index is 1.64. The molecule has 33 heavy (non-hydrogen) atoms. The number of methoxy groups -OCH3 is 1. The Morgan fingerprint density at radius 1 is 0.970 bits per heavy atom. The van der Waals surface area contributed by atoms with E-state index in [0.717, 1.165) is 12.1 Å². The molecule has 0 unspecified atom stereocenters. The summed E-state index contributed by atoms with van der Waals surface area (Å²) in [5, 5.41) is 13.1. The highest BCUT2D eigenvalue weighted by atomic mass is 32.2. The van der Waals surface area contributed by atoms with Crippen LogP contribution in [-0.4, -0.2) is 26.5 Å². The Hall–Kier alpha value is -4.31. The summed E-state index contributed by atoms with van der Waals surface area (Å²) in [6.45, 7) is 0. The van der Waals surface area contributed by atoms with Gasteiger partial charge < -0.3 is 19.6 Å². The van der Waals surface area contributed by atoms with Gasteiger partial charge in [-0.15, -0.1) is 0 Å². The Morgan fingerprint density at radius 3 is 2.48 bits per heavy atom. The lowest BCUT2D eigenvalue weighted by Gasteiger charge is -2.13. The number of carbonyl (C=O) groups excluding carboxylic acids is 1. The third kappa shape index (κ3) is 4.51. The molecule has 0 fully saturated rings. The van der Waals surface area contributed by atoms with Crippen LogP contribution in [-0.2, 0) is 10.0 Å². The quantitative estimate of drug-likeness (QED) is 0.292. The minimum absolute atomic E-state index is 0.199. The molecule has 4 rings (SSSR count). The lowest BCUT2D eigenvalue weighted by Crippen LogP contribution is -2.21. The van der Waals surface area contributed by atoms with E-state index in [0.29, 0.717) is 16.7 Å². The minimum Gasteiger partial charge on any atom is -0.506 e. The molecule has 0 atom stereocenters. The third-order valence-corrected chi connectivity index (χ3v) is 6.13. The largest absolute Gasteiger partial charge is 0.506 e. The summed E-state index contributed by atoms with van der Waals surface area (Å²) in [5.41, 5.74) is -0.832. The van der Waals surface area contributed by atoms with Crippen LogP contribution in [0.1, 0.15) is 10.4 Å². The number of phenols is 1. The molecule has 0 radical (unpaired) electrons. The maximum Gasteiger partial charge on any atom is 0.349 e. The second-order valence-corrected chi connectivity index (χ2v) is 8.61. The van der Waals surface area contributed by atoms with Gasteiger partial charge >= 0.3 is 5.63 Å². The molecule has 168 valence electrons. The molecule has 0 saturated heterocycles. The van der Waals surface area contributed by atoms with Gasteiger partial charge in [-0.2, -0.15) is 0 Å². The highest BCUT2D eigenvalue weighted by Crippen LogP contribution is 2.30. The maximum absolute atomic E-state index is 12.9. The van der Waals surface area contributed by atoms with Crippen molar-refractivity contribution in [3.8, 4) is 11.5 Å². The number of carbonyl (C=O) groups is 1. The highest BCUT2D eigenvalue weighted by molar-refractivity contribution is 7.92.